The largest absolute Gasteiger partial charge is 0.480 e. The molecule has 0 radical (unpaired) electrons. The van der Waals surface area contributed by atoms with Gasteiger partial charge in [-0.2, -0.15) is 0 Å². The quantitative estimate of drug-likeness (QED) is 0.162. The minimum absolute atomic E-state index is 0.320. The fourth-order valence-corrected chi connectivity index (χ4v) is 8.79. The predicted molar refractivity (Wildman–Crippen MR) is 246 cm³/mol. The van der Waals surface area contributed by atoms with Crippen molar-refractivity contribution in [1.82, 2.24) is 15.0 Å². The Labute approximate surface area is 348 Å². The number of ether oxygens (including phenoxy) is 1. The van der Waals surface area contributed by atoms with E-state index in [2.05, 4.69) is 163 Å². The molecule has 7 aromatic carbocycles. The van der Waals surface area contributed by atoms with Crippen LogP contribution in [0.2, 0.25) is 0 Å². The van der Waals surface area contributed by atoms with Gasteiger partial charge in [-0.15, -0.1) is 0 Å². The Morgan fingerprint density at radius 2 is 1.12 bits per heavy atom. The molecule has 0 spiro atoms. The van der Waals surface area contributed by atoms with E-state index in [1.165, 1.54) is 10.8 Å². The van der Waals surface area contributed by atoms with Gasteiger partial charge in [0.05, 0.1) is 22.6 Å². The van der Waals surface area contributed by atoms with Gasteiger partial charge < -0.3 is 4.74 Å². The minimum Gasteiger partial charge on any atom is -0.480 e. The first-order valence-corrected chi connectivity index (χ1v) is 20.2. The van der Waals surface area contributed by atoms with Crippen molar-refractivity contribution >= 4 is 27.2 Å². The van der Waals surface area contributed by atoms with Gasteiger partial charge in [-0.1, -0.05) is 164 Å². The Morgan fingerprint density at radius 3 is 1.88 bits per heavy atom. The Bertz CT molecular complexity index is 3190. The van der Waals surface area contributed by atoms with Crippen LogP contribution in [0.25, 0.3) is 94.4 Å². The summed E-state index contributed by atoms with van der Waals surface area (Å²) in [6.07, 6.45) is 3.52. The van der Waals surface area contributed by atoms with E-state index in [-0.39, 0.29) is 6.10 Å². The molecular formula is C56H37N3O. The van der Waals surface area contributed by atoms with E-state index in [0.717, 1.165) is 101 Å². The lowest BCUT2D eigenvalue weighted by atomic mass is 9.86. The van der Waals surface area contributed by atoms with Crippen molar-refractivity contribution in [3.63, 3.8) is 0 Å². The van der Waals surface area contributed by atoms with Gasteiger partial charge in [-0.3, -0.25) is 9.97 Å². The Balaban J connectivity index is 1.02. The molecule has 11 rings (SSSR count). The molecule has 1 atom stereocenters. The molecule has 1 aliphatic rings. The zero-order valence-electron chi connectivity index (χ0n) is 32.7. The van der Waals surface area contributed by atoms with Crippen molar-refractivity contribution in [2.24, 2.45) is 0 Å². The Hall–Kier alpha value is -7.95. The highest BCUT2D eigenvalue weighted by Crippen LogP contribution is 2.50. The van der Waals surface area contributed by atoms with Gasteiger partial charge in [0.15, 0.2) is 0 Å². The lowest BCUT2D eigenvalue weighted by Crippen LogP contribution is -2.03. The summed E-state index contributed by atoms with van der Waals surface area (Å²) in [5.41, 5.74) is 16.4. The maximum Gasteiger partial charge on any atom is 0.150 e. The molecule has 0 N–H and O–H groups in total. The summed E-state index contributed by atoms with van der Waals surface area (Å²) in [7, 11) is 0. The molecule has 4 heterocycles. The van der Waals surface area contributed by atoms with Crippen molar-refractivity contribution in [3.05, 3.63) is 224 Å². The number of hydrogen-bond donors (Lipinski definition) is 0. The van der Waals surface area contributed by atoms with Crippen molar-refractivity contribution < 1.29 is 4.74 Å². The van der Waals surface area contributed by atoms with E-state index < -0.39 is 0 Å². The van der Waals surface area contributed by atoms with Gasteiger partial charge in [0.2, 0.25) is 0 Å². The second-order valence-corrected chi connectivity index (χ2v) is 15.2. The maximum absolute atomic E-state index is 6.64. The van der Waals surface area contributed by atoms with Crippen molar-refractivity contribution in [2.75, 3.05) is 0 Å². The lowest BCUT2D eigenvalue weighted by molar-refractivity contribution is 0.285. The number of hydrogen-bond acceptors (Lipinski definition) is 4. The fraction of sp³-hybridized carbons (Fsp3) is 0.0179. The number of rotatable bonds is 7. The molecular weight excluding hydrogens is 731 g/mol. The Morgan fingerprint density at radius 1 is 0.433 bits per heavy atom. The van der Waals surface area contributed by atoms with E-state index in [4.69, 9.17) is 14.7 Å². The SMILES string of the molecule is C=C1c2c(cccc2-c2ccc(-c3c(-c4ccccc4-c4cc(-c5ccccc5)nc(-c5ccccc5)c4)ccc4ccccc34)cn2)OC1c1cccc2ncccc12. The van der Waals surface area contributed by atoms with Crippen LogP contribution in [-0.4, -0.2) is 15.0 Å². The van der Waals surface area contributed by atoms with E-state index in [9.17, 15) is 0 Å². The van der Waals surface area contributed by atoms with Crippen LogP contribution in [0.15, 0.2) is 213 Å². The van der Waals surface area contributed by atoms with Crippen LogP contribution in [0.5, 0.6) is 5.75 Å². The van der Waals surface area contributed by atoms with Crippen molar-refractivity contribution in [1.29, 1.82) is 0 Å². The molecule has 1 unspecified atom stereocenters. The molecule has 0 saturated carbocycles. The zero-order valence-corrected chi connectivity index (χ0v) is 32.7. The standard InChI is InChI=1S/C56H37N3O/c1-36-54-48(24-13-27-53(54)60-56(36)47-23-12-26-49-45(47)25-14-32-57-49)50-31-29-40(35-58-50)55-43-21-9-8-15-37(43)28-30-46(55)44-22-11-10-20-42(44)41-33-51(38-16-4-2-5-17-38)59-52(34-41)39-18-6-3-7-19-39/h2-35,56H,1H2. The summed E-state index contributed by atoms with van der Waals surface area (Å²) < 4.78 is 6.64. The molecule has 3 aromatic heterocycles. The van der Waals surface area contributed by atoms with Gasteiger partial charge in [-0.05, 0) is 75.0 Å². The molecule has 0 amide bonds. The summed E-state index contributed by atoms with van der Waals surface area (Å²) in [6.45, 7) is 4.59. The van der Waals surface area contributed by atoms with Gasteiger partial charge in [0, 0.05) is 56.7 Å². The van der Waals surface area contributed by atoms with Crippen LogP contribution in [0.1, 0.15) is 17.2 Å². The third kappa shape index (κ3) is 6.14. The van der Waals surface area contributed by atoms with E-state index in [1.54, 1.807) is 0 Å². The smallest absolute Gasteiger partial charge is 0.150 e. The monoisotopic (exact) mass is 767 g/mol. The second kappa shape index (κ2) is 14.8. The number of nitrogens with zero attached hydrogens (tertiary/aromatic N) is 3. The first-order chi connectivity index (χ1) is 29.7. The van der Waals surface area contributed by atoms with E-state index in [0.29, 0.717) is 0 Å². The number of aromatic nitrogens is 3. The highest BCUT2D eigenvalue weighted by atomic mass is 16.5. The van der Waals surface area contributed by atoms with E-state index in [1.807, 2.05) is 54.9 Å². The lowest BCUT2D eigenvalue weighted by Gasteiger charge is -2.18. The third-order valence-corrected chi connectivity index (χ3v) is 11.6. The van der Waals surface area contributed by atoms with Crippen LogP contribution < -0.4 is 4.74 Å². The number of fused-ring (bicyclic) bond motifs is 3. The van der Waals surface area contributed by atoms with Gasteiger partial charge >= 0.3 is 0 Å². The minimum atomic E-state index is -0.320. The second-order valence-electron chi connectivity index (χ2n) is 15.2. The molecule has 1 aliphatic heterocycles. The maximum atomic E-state index is 6.64. The molecule has 10 aromatic rings. The van der Waals surface area contributed by atoms with Crippen LogP contribution in [0, 0.1) is 0 Å². The van der Waals surface area contributed by atoms with Crippen molar-refractivity contribution in [2.45, 2.75) is 6.10 Å². The molecule has 4 nitrogen and oxygen atoms in total. The molecule has 0 fully saturated rings. The number of pyridine rings is 3. The highest BCUT2D eigenvalue weighted by Gasteiger charge is 2.32. The summed E-state index contributed by atoms with van der Waals surface area (Å²) in [6, 6.07) is 67.8. The highest BCUT2D eigenvalue weighted by molar-refractivity contribution is 6.06. The molecule has 4 heteroatoms. The third-order valence-electron chi connectivity index (χ3n) is 11.6. The molecule has 60 heavy (non-hydrogen) atoms. The molecule has 282 valence electrons. The summed E-state index contributed by atoms with van der Waals surface area (Å²) >= 11 is 0. The zero-order chi connectivity index (χ0) is 40.0. The average Bonchev–Trinajstić information content (AvgIpc) is 3.67. The number of benzene rings is 7. The predicted octanol–water partition coefficient (Wildman–Crippen LogP) is 14.3. The summed E-state index contributed by atoms with van der Waals surface area (Å²) in [5, 5.41) is 3.40. The first kappa shape index (κ1) is 35.2. The average molecular weight is 768 g/mol. The Kier molecular flexibility index (Phi) is 8.67. The molecule has 0 aliphatic carbocycles. The van der Waals surface area contributed by atoms with Crippen LogP contribution in [-0.2, 0) is 0 Å². The van der Waals surface area contributed by atoms with Gasteiger partial charge in [0.1, 0.15) is 11.9 Å². The van der Waals surface area contributed by atoms with E-state index >= 15 is 0 Å². The van der Waals surface area contributed by atoms with Gasteiger partial charge in [0.25, 0.3) is 0 Å². The van der Waals surface area contributed by atoms with Crippen molar-refractivity contribution in [3.8, 4) is 72.9 Å². The topological polar surface area (TPSA) is 47.9 Å². The molecule has 0 bridgehead atoms. The van der Waals surface area contributed by atoms with Crippen LogP contribution in [0.4, 0.5) is 0 Å². The van der Waals surface area contributed by atoms with Crippen LogP contribution >= 0.6 is 0 Å². The first-order valence-electron chi connectivity index (χ1n) is 20.2. The van der Waals surface area contributed by atoms with Crippen LogP contribution in [0.3, 0.4) is 0 Å². The van der Waals surface area contributed by atoms with Gasteiger partial charge in [-0.25, -0.2) is 4.98 Å². The summed E-state index contributed by atoms with van der Waals surface area (Å²) in [4.78, 5) is 14.9. The normalized spacial score (nSPS) is 13.3. The summed E-state index contributed by atoms with van der Waals surface area (Å²) in [5.74, 6) is 0.809. The fourth-order valence-electron chi connectivity index (χ4n) is 8.79. The molecule has 0 saturated heterocycles.